The van der Waals surface area contributed by atoms with Gasteiger partial charge in [-0.05, 0) is 67.5 Å². The minimum Gasteiger partial charge on any atom is -0.493 e. The van der Waals surface area contributed by atoms with Gasteiger partial charge in [0.2, 0.25) is 10.0 Å². The van der Waals surface area contributed by atoms with Crippen LogP contribution in [0.4, 0.5) is 13.2 Å². The van der Waals surface area contributed by atoms with Crippen molar-refractivity contribution in [2.45, 2.75) is 55.8 Å². The highest BCUT2D eigenvalue weighted by Crippen LogP contribution is 2.36. The molecule has 4 rings (SSSR count). The van der Waals surface area contributed by atoms with Crippen LogP contribution in [0.15, 0.2) is 53.4 Å². The quantitative estimate of drug-likeness (QED) is 0.565. The Kier molecular flexibility index (Phi) is 5.81. The molecule has 2 aliphatic carbocycles. The summed E-state index contributed by atoms with van der Waals surface area (Å²) in [4.78, 5) is -0.329. The molecule has 0 saturated heterocycles. The van der Waals surface area contributed by atoms with Gasteiger partial charge in [-0.15, -0.1) is 0 Å². The van der Waals surface area contributed by atoms with E-state index in [0.717, 1.165) is 23.4 Å². The minimum absolute atomic E-state index is 0.117. The van der Waals surface area contributed by atoms with Crippen LogP contribution in [0.2, 0.25) is 0 Å². The monoisotopic (exact) mass is 439 g/mol. The zero-order valence-corrected chi connectivity index (χ0v) is 17.3. The largest absolute Gasteiger partial charge is 0.493 e. The average Bonchev–Trinajstić information content (AvgIpc) is 3.50. The fourth-order valence-electron chi connectivity index (χ4n) is 3.49. The molecule has 4 nitrogen and oxygen atoms in total. The molecule has 162 valence electrons. The number of benzene rings is 2. The Labute approximate surface area is 174 Å². The van der Waals surface area contributed by atoms with E-state index in [-0.39, 0.29) is 17.5 Å². The van der Waals surface area contributed by atoms with Gasteiger partial charge >= 0.3 is 6.18 Å². The number of halogens is 3. The molecule has 0 amide bonds. The Balaban J connectivity index is 1.49. The van der Waals surface area contributed by atoms with Crippen molar-refractivity contribution in [2.75, 3.05) is 6.61 Å². The number of alkyl halides is 3. The van der Waals surface area contributed by atoms with Gasteiger partial charge in [-0.3, -0.25) is 0 Å². The van der Waals surface area contributed by atoms with Gasteiger partial charge in [-0.1, -0.05) is 24.6 Å². The SMILES string of the molecule is O=S(=O)(c1cccc(C(F)(F)F)c1)N(Cc1ccc(OCC2CCC2)cc1)C1CC1. The molecule has 0 bridgehead atoms. The normalized spacial score (nSPS) is 17.7. The first-order chi connectivity index (χ1) is 14.2. The van der Waals surface area contributed by atoms with Crippen LogP contribution < -0.4 is 4.74 Å². The molecule has 2 aromatic carbocycles. The van der Waals surface area contributed by atoms with Crippen molar-refractivity contribution < 1.29 is 26.3 Å². The molecular weight excluding hydrogens is 415 g/mol. The molecule has 2 aliphatic rings. The Morgan fingerprint density at radius 1 is 1.00 bits per heavy atom. The van der Waals surface area contributed by atoms with E-state index in [1.807, 2.05) is 24.3 Å². The number of nitrogens with zero attached hydrogens (tertiary/aromatic N) is 1. The van der Waals surface area contributed by atoms with E-state index in [4.69, 9.17) is 4.74 Å². The average molecular weight is 439 g/mol. The van der Waals surface area contributed by atoms with Gasteiger partial charge in [-0.2, -0.15) is 17.5 Å². The van der Waals surface area contributed by atoms with Gasteiger partial charge < -0.3 is 4.74 Å². The first kappa shape index (κ1) is 21.2. The van der Waals surface area contributed by atoms with Gasteiger partial charge in [0.25, 0.3) is 0 Å². The second kappa shape index (κ2) is 8.23. The summed E-state index contributed by atoms with van der Waals surface area (Å²) in [6.07, 6.45) is 0.473. The number of hydrogen-bond donors (Lipinski definition) is 0. The summed E-state index contributed by atoms with van der Waals surface area (Å²) in [6.45, 7) is 0.809. The summed E-state index contributed by atoms with van der Waals surface area (Å²) >= 11 is 0. The maximum atomic E-state index is 13.1. The third kappa shape index (κ3) is 4.81. The van der Waals surface area contributed by atoms with E-state index in [0.29, 0.717) is 31.4 Å². The van der Waals surface area contributed by atoms with E-state index >= 15 is 0 Å². The summed E-state index contributed by atoms with van der Waals surface area (Å²) < 4.78 is 72.4. The van der Waals surface area contributed by atoms with Crippen molar-refractivity contribution in [3.63, 3.8) is 0 Å². The molecular formula is C22H24F3NO3S. The molecule has 8 heteroatoms. The summed E-state index contributed by atoms with van der Waals surface area (Å²) in [7, 11) is -4.04. The van der Waals surface area contributed by atoms with Crippen LogP contribution in [-0.2, 0) is 22.7 Å². The third-order valence-corrected chi connectivity index (χ3v) is 7.59. The molecule has 0 atom stereocenters. The summed E-state index contributed by atoms with van der Waals surface area (Å²) in [5.74, 6) is 1.36. The molecule has 2 aromatic rings. The molecule has 30 heavy (non-hydrogen) atoms. The van der Waals surface area contributed by atoms with Gasteiger partial charge in [0.05, 0.1) is 17.1 Å². The molecule has 0 aliphatic heterocycles. The van der Waals surface area contributed by atoms with E-state index in [9.17, 15) is 21.6 Å². The van der Waals surface area contributed by atoms with Gasteiger partial charge in [0.15, 0.2) is 0 Å². The lowest BCUT2D eigenvalue weighted by Crippen LogP contribution is -2.32. The first-order valence-corrected chi connectivity index (χ1v) is 11.6. The standard InChI is InChI=1S/C22H24F3NO3S/c23-22(24,25)18-5-2-6-21(13-18)30(27,28)26(19-9-10-19)14-16-7-11-20(12-8-16)29-15-17-3-1-4-17/h2,5-8,11-13,17,19H,1,3-4,9-10,14-15H2. The second-order valence-corrected chi connectivity index (χ2v) is 9.95. The maximum absolute atomic E-state index is 13.1. The maximum Gasteiger partial charge on any atom is 0.416 e. The number of hydrogen-bond acceptors (Lipinski definition) is 3. The molecule has 2 saturated carbocycles. The lowest BCUT2D eigenvalue weighted by atomic mass is 9.86. The third-order valence-electron chi connectivity index (χ3n) is 5.69. The molecule has 0 radical (unpaired) electrons. The summed E-state index contributed by atoms with van der Waals surface area (Å²) in [5, 5.41) is 0. The number of ether oxygens (including phenoxy) is 1. The van der Waals surface area contributed by atoms with Crippen LogP contribution in [0.25, 0.3) is 0 Å². The molecule has 0 unspecified atom stereocenters. The lowest BCUT2D eigenvalue weighted by Gasteiger charge is -2.25. The Morgan fingerprint density at radius 3 is 2.27 bits per heavy atom. The molecule has 0 heterocycles. The summed E-state index contributed by atoms with van der Waals surface area (Å²) in [5.41, 5.74) is -0.194. The van der Waals surface area contributed by atoms with Crippen molar-refractivity contribution in [1.29, 1.82) is 0 Å². The lowest BCUT2D eigenvalue weighted by molar-refractivity contribution is -0.137. The van der Waals surface area contributed by atoms with Crippen molar-refractivity contribution in [3.8, 4) is 5.75 Å². The van der Waals surface area contributed by atoms with Crippen LogP contribution in [0.5, 0.6) is 5.75 Å². The zero-order valence-electron chi connectivity index (χ0n) is 16.4. The topological polar surface area (TPSA) is 46.6 Å². The van der Waals surface area contributed by atoms with E-state index < -0.39 is 21.8 Å². The van der Waals surface area contributed by atoms with Crippen LogP contribution in [0.3, 0.4) is 0 Å². The molecule has 0 aromatic heterocycles. The Bertz CT molecular complexity index is 981. The Hall–Kier alpha value is -2.06. The number of sulfonamides is 1. The predicted octanol–water partition coefficient (Wildman–Crippen LogP) is 5.24. The van der Waals surface area contributed by atoms with Crippen molar-refractivity contribution in [2.24, 2.45) is 5.92 Å². The minimum atomic E-state index is -4.59. The molecule has 2 fully saturated rings. The smallest absolute Gasteiger partial charge is 0.416 e. The highest BCUT2D eigenvalue weighted by atomic mass is 32.2. The van der Waals surface area contributed by atoms with Gasteiger partial charge in [0.1, 0.15) is 5.75 Å². The van der Waals surface area contributed by atoms with E-state index in [1.54, 1.807) is 0 Å². The highest BCUT2D eigenvalue weighted by molar-refractivity contribution is 7.89. The van der Waals surface area contributed by atoms with Gasteiger partial charge in [-0.25, -0.2) is 8.42 Å². The van der Waals surface area contributed by atoms with Crippen molar-refractivity contribution in [1.82, 2.24) is 4.31 Å². The second-order valence-electron chi connectivity index (χ2n) is 8.06. The van der Waals surface area contributed by atoms with Crippen LogP contribution >= 0.6 is 0 Å². The van der Waals surface area contributed by atoms with Crippen LogP contribution in [0, 0.1) is 5.92 Å². The first-order valence-electron chi connectivity index (χ1n) is 10.1. The molecule has 0 N–H and O–H groups in total. The molecule has 0 spiro atoms. The number of rotatable bonds is 8. The zero-order chi connectivity index (χ0) is 21.4. The Morgan fingerprint density at radius 2 is 1.70 bits per heavy atom. The van der Waals surface area contributed by atoms with E-state index in [2.05, 4.69) is 0 Å². The highest BCUT2D eigenvalue weighted by Gasteiger charge is 2.39. The predicted molar refractivity (Wildman–Crippen MR) is 106 cm³/mol. The van der Waals surface area contributed by atoms with Crippen LogP contribution in [0.1, 0.15) is 43.2 Å². The van der Waals surface area contributed by atoms with Crippen molar-refractivity contribution in [3.05, 3.63) is 59.7 Å². The van der Waals surface area contributed by atoms with E-state index in [1.165, 1.54) is 29.6 Å². The van der Waals surface area contributed by atoms with Gasteiger partial charge in [0, 0.05) is 12.6 Å². The fraction of sp³-hybridized carbons (Fsp3) is 0.455. The van der Waals surface area contributed by atoms with Crippen LogP contribution in [-0.4, -0.2) is 25.4 Å². The fourth-order valence-corrected chi connectivity index (χ4v) is 5.21. The van der Waals surface area contributed by atoms with Crippen molar-refractivity contribution >= 4 is 10.0 Å². The summed E-state index contributed by atoms with van der Waals surface area (Å²) in [6, 6.07) is 11.0.